The molecule has 0 atom stereocenters. The predicted molar refractivity (Wildman–Crippen MR) is 118 cm³/mol. The highest BCUT2D eigenvalue weighted by molar-refractivity contribution is 7.92. The lowest BCUT2D eigenvalue weighted by Gasteiger charge is -2.16. The molecule has 9 heteroatoms. The SMILES string of the molecule is CC(C)c1nc(Cc2ccc(NC(=O)c3ccc4c(c3)CCN4S(C)(=O)=O)cc2)no1. The summed E-state index contributed by atoms with van der Waals surface area (Å²) in [5, 5.41) is 6.88. The number of hydrogen-bond acceptors (Lipinski definition) is 6. The van der Waals surface area contributed by atoms with Crippen molar-refractivity contribution in [2.75, 3.05) is 22.4 Å². The van der Waals surface area contributed by atoms with Gasteiger partial charge in [0, 0.05) is 30.1 Å². The number of anilines is 2. The van der Waals surface area contributed by atoms with Gasteiger partial charge in [-0.25, -0.2) is 8.42 Å². The van der Waals surface area contributed by atoms with Gasteiger partial charge in [0.05, 0.1) is 11.9 Å². The van der Waals surface area contributed by atoms with Gasteiger partial charge < -0.3 is 9.84 Å². The number of carbonyl (C=O) groups is 1. The van der Waals surface area contributed by atoms with Gasteiger partial charge in [0.1, 0.15) is 0 Å². The minimum atomic E-state index is -3.31. The standard InChI is InChI=1S/C22H24N4O4S/c1-14(2)22-24-20(25-30-22)12-15-4-7-18(8-5-15)23-21(27)17-6-9-19-16(13-17)10-11-26(19)31(3,28)29/h4-9,13-14H,10-12H2,1-3H3,(H,23,27). The molecule has 31 heavy (non-hydrogen) atoms. The summed E-state index contributed by atoms with van der Waals surface area (Å²) in [4.78, 5) is 17.0. The Balaban J connectivity index is 1.42. The first kappa shape index (κ1) is 21.0. The predicted octanol–water partition coefficient (Wildman–Crippen LogP) is 3.36. The average molecular weight is 441 g/mol. The summed E-state index contributed by atoms with van der Waals surface area (Å²) >= 11 is 0. The minimum Gasteiger partial charge on any atom is -0.339 e. The Hall–Kier alpha value is -3.20. The molecule has 2 heterocycles. The number of fused-ring (bicyclic) bond motifs is 1. The van der Waals surface area contributed by atoms with E-state index in [2.05, 4.69) is 15.5 Å². The summed E-state index contributed by atoms with van der Waals surface area (Å²) in [5.41, 5.74) is 3.67. The first-order chi connectivity index (χ1) is 14.7. The zero-order chi connectivity index (χ0) is 22.2. The van der Waals surface area contributed by atoms with Crippen LogP contribution in [-0.2, 0) is 22.9 Å². The van der Waals surface area contributed by atoms with E-state index in [9.17, 15) is 13.2 Å². The summed E-state index contributed by atoms with van der Waals surface area (Å²) in [6, 6.07) is 12.6. The molecule has 0 saturated carbocycles. The Morgan fingerprint density at radius 3 is 2.58 bits per heavy atom. The molecule has 1 N–H and O–H groups in total. The van der Waals surface area contributed by atoms with Crippen molar-refractivity contribution in [1.29, 1.82) is 0 Å². The zero-order valence-electron chi connectivity index (χ0n) is 17.6. The molecular weight excluding hydrogens is 416 g/mol. The second-order valence-corrected chi connectivity index (χ2v) is 9.87. The maximum absolute atomic E-state index is 12.7. The van der Waals surface area contributed by atoms with Crippen LogP contribution in [0.15, 0.2) is 47.0 Å². The fraction of sp³-hybridized carbons (Fsp3) is 0.318. The summed E-state index contributed by atoms with van der Waals surface area (Å²) in [6.45, 7) is 4.40. The molecule has 4 rings (SSSR count). The Labute approximate surface area is 181 Å². The first-order valence-corrected chi connectivity index (χ1v) is 11.9. The number of amides is 1. The monoisotopic (exact) mass is 440 g/mol. The number of aromatic nitrogens is 2. The van der Waals surface area contributed by atoms with Crippen LogP contribution in [0.2, 0.25) is 0 Å². The van der Waals surface area contributed by atoms with E-state index >= 15 is 0 Å². The van der Waals surface area contributed by atoms with Gasteiger partial charge in [0.15, 0.2) is 5.82 Å². The summed E-state index contributed by atoms with van der Waals surface area (Å²) < 4.78 is 30.3. The van der Waals surface area contributed by atoms with Gasteiger partial charge in [-0.15, -0.1) is 0 Å². The van der Waals surface area contributed by atoms with E-state index < -0.39 is 10.0 Å². The smallest absolute Gasteiger partial charge is 0.255 e. The van der Waals surface area contributed by atoms with Crippen molar-refractivity contribution in [3.63, 3.8) is 0 Å². The first-order valence-electron chi connectivity index (χ1n) is 10.0. The lowest BCUT2D eigenvalue weighted by molar-refractivity contribution is 0.102. The zero-order valence-corrected chi connectivity index (χ0v) is 18.4. The van der Waals surface area contributed by atoms with E-state index in [1.807, 2.05) is 38.1 Å². The van der Waals surface area contributed by atoms with Gasteiger partial charge in [-0.3, -0.25) is 9.10 Å². The van der Waals surface area contributed by atoms with E-state index in [0.717, 1.165) is 11.1 Å². The fourth-order valence-electron chi connectivity index (χ4n) is 3.52. The van der Waals surface area contributed by atoms with Gasteiger partial charge in [-0.1, -0.05) is 31.1 Å². The van der Waals surface area contributed by atoms with Gasteiger partial charge in [0.2, 0.25) is 15.9 Å². The number of sulfonamides is 1. The van der Waals surface area contributed by atoms with Crippen molar-refractivity contribution in [3.05, 3.63) is 70.9 Å². The topological polar surface area (TPSA) is 105 Å². The van der Waals surface area contributed by atoms with E-state index in [-0.39, 0.29) is 11.8 Å². The third-order valence-electron chi connectivity index (χ3n) is 5.15. The molecule has 0 bridgehead atoms. The van der Waals surface area contributed by atoms with E-state index in [4.69, 9.17) is 4.52 Å². The number of nitrogens with one attached hydrogen (secondary N) is 1. The summed E-state index contributed by atoms with van der Waals surface area (Å²) in [5.74, 6) is 1.19. The molecule has 8 nitrogen and oxygen atoms in total. The van der Waals surface area contributed by atoms with Crippen molar-refractivity contribution in [2.24, 2.45) is 0 Å². The number of rotatable bonds is 6. The molecule has 0 saturated heterocycles. The Morgan fingerprint density at radius 1 is 1.19 bits per heavy atom. The van der Waals surface area contributed by atoms with Crippen molar-refractivity contribution >= 4 is 27.3 Å². The van der Waals surface area contributed by atoms with E-state index in [1.165, 1.54) is 10.6 Å². The highest BCUT2D eigenvalue weighted by atomic mass is 32.2. The summed E-state index contributed by atoms with van der Waals surface area (Å²) in [7, 11) is -3.31. The maximum Gasteiger partial charge on any atom is 0.255 e. The largest absolute Gasteiger partial charge is 0.339 e. The van der Waals surface area contributed by atoms with Crippen LogP contribution in [0, 0.1) is 0 Å². The highest BCUT2D eigenvalue weighted by Gasteiger charge is 2.26. The Kier molecular flexibility index (Phi) is 5.53. The van der Waals surface area contributed by atoms with Crippen LogP contribution in [0.4, 0.5) is 11.4 Å². The molecule has 1 aromatic heterocycles. The highest BCUT2D eigenvalue weighted by Crippen LogP contribution is 2.31. The molecule has 0 unspecified atom stereocenters. The Morgan fingerprint density at radius 2 is 1.94 bits per heavy atom. The van der Waals surface area contributed by atoms with Gasteiger partial charge >= 0.3 is 0 Å². The number of benzene rings is 2. The maximum atomic E-state index is 12.7. The van der Waals surface area contributed by atoms with Crippen LogP contribution in [0.25, 0.3) is 0 Å². The van der Waals surface area contributed by atoms with Crippen LogP contribution < -0.4 is 9.62 Å². The molecule has 0 fully saturated rings. The second kappa shape index (κ2) is 8.14. The molecule has 2 aromatic carbocycles. The Bertz CT molecular complexity index is 1220. The number of hydrogen-bond donors (Lipinski definition) is 1. The lowest BCUT2D eigenvalue weighted by Crippen LogP contribution is -2.27. The van der Waals surface area contributed by atoms with Crippen molar-refractivity contribution < 1.29 is 17.7 Å². The molecule has 1 aliphatic rings. The molecule has 3 aromatic rings. The van der Waals surface area contributed by atoms with Crippen molar-refractivity contribution in [3.8, 4) is 0 Å². The van der Waals surface area contributed by atoms with Crippen LogP contribution >= 0.6 is 0 Å². The molecule has 0 aliphatic carbocycles. The minimum absolute atomic E-state index is 0.188. The van der Waals surface area contributed by atoms with Crippen LogP contribution in [0.1, 0.15) is 53.0 Å². The van der Waals surface area contributed by atoms with Crippen molar-refractivity contribution in [2.45, 2.75) is 32.6 Å². The molecule has 0 radical (unpaired) electrons. The van der Waals surface area contributed by atoms with Gasteiger partial charge in [-0.2, -0.15) is 4.98 Å². The summed E-state index contributed by atoms with van der Waals surface area (Å²) in [6.07, 6.45) is 2.33. The van der Waals surface area contributed by atoms with Crippen molar-refractivity contribution in [1.82, 2.24) is 10.1 Å². The third kappa shape index (κ3) is 4.61. The van der Waals surface area contributed by atoms with Crippen LogP contribution in [0.3, 0.4) is 0 Å². The normalized spacial score (nSPS) is 13.5. The third-order valence-corrected chi connectivity index (χ3v) is 6.33. The van der Waals surface area contributed by atoms with E-state index in [1.54, 1.807) is 18.2 Å². The quantitative estimate of drug-likeness (QED) is 0.630. The second-order valence-electron chi connectivity index (χ2n) is 7.96. The molecule has 0 spiro atoms. The van der Waals surface area contributed by atoms with Crippen LogP contribution in [-0.4, -0.2) is 37.3 Å². The van der Waals surface area contributed by atoms with Gasteiger partial charge in [0.25, 0.3) is 5.91 Å². The molecule has 162 valence electrons. The van der Waals surface area contributed by atoms with Gasteiger partial charge in [-0.05, 0) is 47.9 Å². The average Bonchev–Trinajstić information content (AvgIpc) is 3.35. The van der Waals surface area contributed by atoms with E-state index in [0.29, 0.717) is 48.0 Å². The molecule has 1 aliphatic heterocycles. The number of carbonyl (C=O) groups excluding carboxylic acids is 1. The fourth-order valence-corrected chi connectivity index (χ4v) is 4.48. The molecule has 1 amide bonds. The van der Waals surface area contributed by atoms with Crippen LogP contribution in [0.5, 0.6) is 0 Å². The molecular formula is C22H24N4O4S. The lowest BCUT2D eigenvalue weighted by atomic mass is 10.1. The number of nitrogens with zero attached hydrogens (tertiary/aromatic N) is 3.